The van der Waals surface area contributed by atoms with Crippen molar-refractivity contribution in [3.8, 4) is 17.2 Å². The van der Waals surface area contributed by atoms with E-state index < -0.39 is 0 Å². The van der Waals surface area contributed by atoms with Crippen LogP contribution in [0.15, 0.2) is 60.7 Å². The molecule has 0 bridgehead atoms. The monoisotopic (exact) mass is 502 g/mol. The van der Waals surface area contributed by atoms with Crippen molar-refractivity contribution in [1.29, 1.82) is 0 Å². The minimum absolute atomic E-state index is 0.143. The molecule has 0 aliphatic carbocycles. The minimum atomic E-state index is -0.344. The third kappa shape index (κ3) is 7.04. The van der Waals surface area contributed by atoms with Gasteiger partial charge in [0.1, 0.15) is 5.75 Å². The van der Waals surface area contributed by atoms with Gasteiger partial charge in [-0.3, -0.25) is 9.59 Å². The van der Waals surface area contributed by atoms with Crippen LogP contribution in [0.2, 0.25) is 10.0 Å². The highest BCUT2D eigenvalue weighted by atomic mass is 35.5. The highest BCUT2D eigenvalue weighted by Gasteiger charge is 2.10. The smallest absolute Gasteiger partial charge is 0.257 e. The van der Waals surface area contributed by atoms with Gasteiger partial charge in [0, 0.05) is 17.1 Å². The first-order valence-electron chi connectivity index (χ1n) is 10.4. The molecule has 9 heteroatoms. The fraction of sp³-hybridized carbons (Fsp3) is 0.200. The molecule has 0 aliphatic rings. The van der Waals surface area contributed by atoms with Crippen LogP contribution in [-0.2, 0) is 11.2 Å². The van der Waals surface area contributed by atoms with Crippen LogP contribution in [0.5, 0.6) is 17.2 Å². The van der Waals surface area contributed by atoms with Crippen molar-refractivity contribution >= 4 is 40.7 Å². The van der Waals surface area contributed by atoms with Crippen LogP contribution in [0.4, 0.5) is 5.69 Å². The third-order valence-electron chi connectivity index (χ3n) is 4.85. The summed E-state index contributed by atoms with van der Waals surface area (Å²) in [5.74, 6) is 1.16. The van der Waals surface area contributed by atoms with E-state index in [1.54, 1.807) is 56.7 Å². The van der Waals surface area contributed by atoms with E-state index in [2.05, 4.69) is 10.6 Å². The van der Waals surface area contributed by atoms with Crippen LogP contribution in [0.1, 0.15) is 15.9 Å². The second kappa shape index (κ2) is 12.2. The van der Waals surface area contributed by atoms with Crippen LogP contribution in [-0.4, -0.2) is 39.2 Å². The van der Waals surface area contributed by atoms with Gasteiger partial charge in [-0.25, -0.2) is 0 Å². The number of carbonyl (C=O) groups excluding carboxylic acids is 2. The average molecular weight is 503 g/mol. The molecule has 0 saturated heterocycles. The summed E-state index contributed by atoms with van der Waals surface area (Å²) >= 11 is 12.0. The van der Waals surface area contributed by atoms with Crippen molar-refractivity contribution in [2.75, 3.05) is 32.7 Å². The summed E-state index contributed by atoms with van der Waals surface area (Å²) < 4.78 is 16.0. The van der Waals surface area contributed by atoms with Gasteiger partial charge in [0.25, 0.3) is 11.8 Å². The van der Waals surface area contributed by atoms with Gasteiger partial charge in [0.2, 0.25) is 0 Å². The number of hydrogen-bond acceptors (Lipinski definition) is 5. The summed E-state index contributed by atoms with van der Waals surface area (Å²) in [6.07, 6.45) is 0.631. The van der Waals surface area contributed by atoms with E-state index in [1.165, 1.54) is 0 Å². The fourth-order valence-electron chi connectivity index (χ4n) is 3.07. The van der Waals surface area contributed by atoms with Crippen molar-refractivity contribution < 1.29 is 23.8 Å². The molecule has 0 unspecified atom stereocenters. The van der Waals surface area contributed by atoms with Gasteiger partial charge in [-0.05, 0) is 66.6 Å². The van der Waals surface area contributed by atoms with E-state index in [0.29, 0.717) is 51.5 Å². The van der Waals surface area contributed by atoms with Crippen molar-refractivity contribution in [3.05, 3.63) is 81.8 Å². The van der Waals surface area contributed by atoms with Gasteiger partial charge in [-0.1, -0.05) is 29.3 Å². The molecule has 0 aliphatic heterocycles. The van der Waals surface area contributed by atoms with Gasteiger partial charge in [0.15, 0.2) is 18.1 Å². The van der Waals surface area contributed by atoms with Gasteiger partial charge in [0.05, 0.1) is 24.9 Å². The Hall–Kier alpha value is -3.42. The molecule has 34 heavy (non-hydrogen) atoms. The Morgan fingerprint density at radius 3 is 2.32 bits per heavy atom. The van der Waals surface area contributed by atoms with Crippen LogP contribution < -0.4 is 24.8 Å². The highest BCUT2D eigenvalue weighted by molar-refractivity contribution is 6.35. The SMILES string of the molecule is COc1ccc(CCNC(=O)COc2ccc(C(=O)Nc3cc(Cl)ccc3Cl)cc2)cc1OC. The average Bonchev–Trinajstić information content (AvgIpc) is 2.85. The lowest BCUT2D eigenvalue weighted by molar-refractivity contribution is -0.123. The molecule has 0 heterocycles. The minimum Gasteiger partial charge on any atom is -0.493 e. The summed E-state index contributed by atoms with van der Waals surface area (Å²) in [5.41, 5.74) is 1.83. The van der Waals surface area contributed by atoms with Crippen LogP contribution in [0.25, 0.3) is 0 Å². The lowest BCUT2D eigenvalue weighted by atomic mass is 10.1. The first-order valence-corrected chi connectivity index (χ1v) is 11.1. The molecule has 178 valence electrons. The van der Waals surface area contributed by atoms with E-state index in [-0.39, 0.29) is 18.4 Å². The second-order valence-electron chi connectivity index (χ2n) is 7.18. The first kappa shape index (κ1) is 25.2. The van der Waals surface area contributed by atoms with Crippen LogP contribution in [0, 0.1) is 0 Å². The maximum Gasteiger partial charge on any atom is 0.257 e. The number of nitrogens with one attached hydrogen (secondary N) is 2. The highest BCUT2D eigenvalue weighted by Crippen LogP contribution is 2.28. The van der Waals surface area contributed by atoms with Crippen molar-refractivity contribution in [2.24, 2.45) is 0 Å². The number of hydrogen-bond donors (Lipinski definition) is 2. The molecule has 3 rings (SSSR count). The summed E-state index contributed by atoms with van der Waals surface area (Å²) in [6, 6.07) is 16.9. The molecule has 0 saturated carbocycles. The molecular formula is C25H24Cl2N2O5. The summed E-state index contributed by atoms with van der Waals surface area (Å²) in [7, 11) is 3.16. The number of benzene rings is 3. The molecule has 0 spiro atoms. The molecule has 0 aromatic heterocycles. The Morgan fingerprint density at radius 2 is 1.62 bits per heavy atom. The summed E-state index contributed by atoms with van der Waals surface area (Å²) in [5, 5.41) is 6.37. The lowest BCUT2D eigenvalue weighted by Gasteiger charge is -2.11. The molecule has 0 fully saturated rings. The maximum absolute atomic E-state index is 12.4. The molecule has 2 amide bonds. The Labute approximate surface area is 207 Å². The molecular weight excluding hydrogens is 479 g/mol. The van der Waals surface area contributed by atoms with E-state index in [0.717, 1.165) is 5.56 Å². The summed E-state index contributed by atoms with van der Waals surface area (Å²) in [6.45, 7) is 0.304. The zero-order chi connectivity index (χ0) is 24.5. The first-order chi connectivity index (χ1) is 16.4. The predicted molar refractivity (Wildman–Crippen MR) is 133 cm³/mol. The van der Waals surface area contributed by atoms with E-state index in [4.69, 9.17) is 37.4 Å². The Kier molecular flexibility index (Phi) is 9.01. The van der Waals surface area contributed by atoms with Crippen molar-refractivity contribution in [2.45, 2.75) is 6.42 Å². The quantitative estimate of drug-likeness (QED) is 0.407. The Morgan fingerprint density at radius 1 is 0.882 bits per heavy atom. The topological polar surface area (TPSA) is 85.9 Å². The number of anilines is 1. The van der Waals surface area contributed by atoms with Crippen LogP contribution in [0.3, 0.4) is 0 Å². The zero-order valence-corrected chi connectivity index (χ0v) is 20.2. The number of rotatable bonds is 10. The maximum atomic E-state index is 12.4. The number of ether oxygens (including phenoxy) is 3. The van der Waals surface area contributed by atoms with E-state index in [9.17, 15) is 9.59 Å². The molecule has 0 radical (unpaired) electrons. The summed E-state index contributed by atoms with van der Waals surface area (Å²) in [4.78, 5) is 24.5. The van der Waals surface area contributed by atoms with Crippen molar-refractivity contribution in [1.82, 2.24) is 5.32 Å². The van der Waals surface area contributed by atoms with E-state index in [1.807, 2.05) is 18.2 Å². The largest absolute Gasteiger partial charge is 0.493 e. The standard InChI is InChI=1S/C25H24Cl2N2O5/c1-32-22-10-3-16(13-23(22)33-2)11-12-28-24(30)15-34-19-7-4-17(5-8-19)25(31)29-21-14-18(26)6-9-20(21)27/h3-10,13-14H,11-12,15H2,1-2H3,(H,28,30)(H,29,31). The molecule has 2 N–H and O–H groups in total. The molecule has 0 atom stereocenters. The molecule has 7 nitrogen and oxygen atoms in total. The van der Waals surface area contributed by atoms with Gasteiger partial charge in [-0.2, -0.15) is 0 Å². The Balaban J connectivity index is 1.44. The predicted octanol–water partition coefficient (Wildman–Crippen LogP) is 5.00. The fourth-order valence-corrected chi connectivity index (χ4v) is 3.41. The second-order valence-corrected chi connectivity index (χ2v) is 8.02. The number of halogens is 2. The van der Waals surface area contributed by atoms with Crippen molar-refractivity contribution in [3.63, 3.8) is 0 Å². The zero-order valence-electron chi connectivity index (χ0n) is 18.7. The van der Waals surface area contributed by atoms with Gasteiger partial charge >= 0.3 is 0 Å². The number of amides is 2. The normalized spacial score (nSPS) is 10.4. The molecule has 3 aromatic carbocycles. The van der Waals surface area contributed by atoms with Gasteiger partial charge < -0.3 is 24.8 Å². The van der Waals surface area contributed by atoms with E-state index >= 15 is 0 Å². The number of methoxy groups -OCH3 is 2. The van der Waals surface area contributed by atoms with Gasteiger partial charge in [-0.15, -0.1) is 0 Å². The Bertz CT molecular complexity index is 1150. The lowest BCUT2D eigenvalue weighted by Crippen LogP contribution is -2.30. The molecule has 3 aromatic rings. The number of carbonyl (C=O) groups is 2. The third-order valence-corrected chi connectivity index (χ3v) is 5.41. The van der Waals surface area contributed by atoms with Crippen LogP contribution >= 0.6 is 23.2 Å².